The predicted octanol–water partition coefficient (Wildman–Crippen LogP) is 6.32. The molecule has 1 aliphatic rings. The predicted molar refractivity (Wildman–Crippen MR) is 136 cm³/mol. The van der Waals surface area contributed by atoms with Gasteiger partial charge in [0.2, 0.25) is 0 Å². The Labute approximate surface area is 197 Å². The molecule has 174 valence electrons. The molecule has 0 spiro atoms. The summed E-state index contributed by atoms with van der Waals surface area (Å²) in [7, 11) is 0. The average Bonchev–Trinajstić information content (AvgIpc) is 3.24. The van der Waals surface area contributed by atoms with Crippen LogP contribution in [-0.4, -0.2) is 31.4 Å². The maximum absolute atomic E-state index is 10.7. The number of aromatic nitrogens is 3. The Morgan fingerprint density at radius 3 is 2.45 bits per heavy atom. The summed E-state index contributed by atoms with van der Waals surface area (Å²) >= 11 is 0. The van der Waals surface area contributed by atoms with E-state index >= 15 is 0 Å². The highest BCUT2D eigenvalue weighted by molar-refractivity contribution is 5.77. The minimum Gasteiger partial charge on any atom is -0.505 e. The quantitative estimate of drug-likeness (QED) is 0.454. The molecule has 3 N–H and O–H groups in total. The van der Waals surface area contributed by atoms with E-state index in [1.54, 1.807) is 24.7 Å². The lowest BCUT2D eigenvalue weighted by Gasteiger charge is -2.46. The molecule has 6 nitrogen and oxygen atoms in total. The number of nitrogens with zero attached hydrogens (tertiary/aromatic N) is 3. The monoisotopic (exact) mass is 446 g/mol. The van der Waals surface area contributed by atoms with Crippen molar-refractivity contribution in [2.75, 3.05) is 0 Å². The van der Waals surface area contributed by atoms with Crippen LogP contribution in [0.2, 0.25) is 0 Å². The Balaban J connectivity index is 1.92. The van der Waals surface area contributed by atoms with Crippen LogP contribution in [-0.2, 0) is 0 Å². The Hall–Kier alpha value is -3.17. The van der Waals surface area contributed by atoms with Crippen LogP contribution in [0.1, 0.15) is 66.5 Å². The van der Waals surface area contributed by atoms with Gasteiger partial charge in [-0.15, -0.1) is 0 Å². The highest BCUT2D eigenvalue weighted by atomic mass is 16.3. The number of nitrogens with one attached hydrogen (secondary N) is 2. The van der Waals surface area contributed by atoms with Gasteiger partial charge >= 0.3 is 5.70 Å². The van der Waals surface area contributed by atoms with Gasteiger partial charge in [0.05, 0.1) is 6.20 Å². The molecule has 33 heavy (non-hydrogen) atoms. The molecule has 0 amide bonds. The zero-order valence-electron chi connectivity index (χ0n) is 20.6. The molecule has 3 rings (SSSR count). The van der Waals surface area contributed by atoms with Gasteiger partial charge in [0.25, 0.3) is 6.57 Å². The topological polar surface area (TPSA) is 78.2 Å². The van der Waals surface area contributed by atoms with Gasteiger partial charge < -0.3 is 10.4 Å². The number of rotatable bonds is 6. The molecule has 0 aromatic carbocycles. The van der Waals surface area contributed by atoms with Gasteiger partial charge in [0, 0.05) is 40.7 Å². The van der Waals surface area contributed by atoms with Gasteiger partial charge in [0.15, 0.2) is 5.69 Å². The van der Waals surface area contributed by atoms with Crippen LogP contribution in [0.15, 0.2) is 54.0 Å². The third-order valence-electron chi connectivity index (χ3n) is 6.08. The SMILES string of the molecule is C#[N+]\C(=C/C(/C=C\C)=C(\C)CC1CC(C)(C)NC(C)(C)C1)c1ncc(-c2cn[nH]c2)cc1O. The number of piperidine rings is 1. The average molecular weight is 447 g/mol. The number of aromatic hydroxyl groups is 1. The van der Waals surface area contributed by atoms with Crippen LogP contribution < -0.4 is 5.32 Å². The Morgan fingerprint density at radius 2 is 1.91 bits per heavy atom. The molecule has 2 aromatic heterocycles. The van der Waals surface area contributed by atoms with Crippen LogP contribution in [0.25, 0.3) is 21.7 Å². The molecule has 1 fully saturated rings. The van der Waals surface area contributed by atoms with E-state index in [0.29, 0.717) is 17.3 Å². The molecule has 0 atom stereocenters. The summed E-state index contributed by atoms with van der Waals surface area (Å²) in [6, 6.07) is 1.65. The maximum atomic E-state index is 10.7. The number of hydrogen-bond donors (Lipinski definition) is 3. The molecule has 6 heteroatoms. The minimum absolute atomic E-state index is 0.0217. The zero-order valence-corrected chi connectivity index (χ0v) is 20.6. The minimum atomic E-state index is 0.0217. The number of hydrogen-bond acceptors (Lipinski definition) is 4. The van der Waals surface area contributed by atoms with Crippen molar-refractivity contribution in [1.29, 1.82) is 0 Å². The van der Waals surface area contributed by atoms with Crippen molar-refractivity contribution in [3.63, 3.8) is 0 Å². The van der Waals surface area contributed by atoms with Gasteiger partial charge in [-0.2, -0.15) is 5.10 Å². The van der Waals surface area contributed by atoms with Crippen LogP contribution >= 0.6 is 0 Å². The lowest BCUT2D eigenvalue weighted by Crippen LogP contribution is -2.57. The van der Waals surface area contributed by atoms with E-state index < -0.39 is 0 Å². The summed E-state index contributed by atoms with van der Waals surface area (Å²) < 4.78 is 0. The van der Waals surface area contributed by atoms with Crippen molar-refractivity contribution in [3.05, 3.63) is 64.6 Å². The molecular formula is C27H36N5O+. The second-order valence-corrected chi connectivity index (χ2v) is 10.3. The third kappa shape index (κ3) is 6.21. The Bertz CT molecular complexity index is 1100. The maximum Gasteiger partial charge on any atom is 0.369 e. The highest BCUT2D eigenvalue weighted by Crippen LogP contribution is 2.37. The molecule has 3 heterocycles. The van der Waals surface area contributed by atoms with Gasteiger partial charge in [-0.25, -0.2) is 4.98 Å². The summed E-state index contributed by atoms with van der Waals surface area (Å²) in [5.41, 5.74) is 4.91. The van der Waals surface area contributed by atoms with Crippen molar-refractivity contribution < 1.29 is 5.11 Å². The Morgan fingerprint density at radius 1 is 1.21 bits per heavy atom. The molecular weight excluding hydrogens is 410 g/mol. The fraction of sp³-hybridized carbons (Fsp3) is 0.444. The van der Waals surface area contributed by atoms with Crippen molar-refractivity contribution in [2.24, 2.45) is 5.92 Å². The highest BCUT2D eigenvalue weighted by Gasteiger charge is 2.37. The molecule has 0 aliphatic carbocycles. The van der Waals surface area contributed by atoms with E-state index in [0.717, 1.165) is 36.0 Å². The van der Waals surface area contributed by atoms with E-state index in [9.17, 15) is 5.11 Å². The van der Waals surface area contributed by atoms with E-state index in [1.807, 2.05) is 19.1 Å². The van der Waals surface area contributed by atoms with Crippen molar-refractivity contribution >= 4 is 5.70 Å². The lowest BCUT2D eigenvalue weighted by molar-refractivity contribution is 0.128. The first-order chi connectivity index (χ1) is 15.5. The van der Waals surface area contributed by atoms with E-state index in [4.69, 9.17) is 6.57 Å². The van der Waals surface area contributed by atoms with Crippen molar-refractivity contribution in [1.82, 2.24) is 20.5 Å². The molecule has 0 bridgehead atoms. The first kappa shape index (κ1) is 24.5. The molecule has 0 radical (unpaired) electrons. The molecule has 0 saturated carbocycles. The van der Waals surface area contributed by atoms with Crippen LogP contribution in [0.3, 0.4) is 0 Å². The molecule has 1 aliphatic heterocycles. The number of allylic oxidation sites excluding steroid dienone is 5. The first-order valence-corrected chi connectivity index (χ1v) is 11.5. The van der Waals surface area contributed by atoms with Crippen LogP contribution in [0, 0.1) is 12.5 Å². The molecule has 1 saturated heterocycles. The van der Waals surface area contributed by atoms with E-state index in [2.05, 4.69) is 66.0 Å². The summed E-state index contributed by atoms with van der Waals surface area (Å²) in [6.45, 7) is 19.0. The number of aromatic amines is 1. The number of H-pyrrole nitrogens is 1. The standard InChI is InChI=1S/C27H35N5O/c1-8-9-20(18(2)10-19-13-26(3,4)32-27(5,6)14-19)11-23(28-7)25-24(33)12-21(15-29-25)22-16-30-31-17-22/h7-9,11-12,15-17,19,32H,10,13-14H2,1-6H3,(H-,30,31,33)/p+1/b9-8-,20-18+,23-11-. The summed E-state index contributed by atoms with van der Waals surface area (Å²) in [5.74, 6) is 0.595. The summed E-state index contributed by atoms with van der Waals surface area (Å²) in [5, 5.41) is 21.1. The smallest absolute Gasteiger partial charge is 0.369 e. The van der Waals surface area contributed by atoms with Gasteiger partial charge in [-0.3, -0.25) is 5.10 Å². The summed E-state index contributed by atoms with van der Waals surface area (Å²) in [4.78, 5) is 8.39. The van der Waals surface area contributed by atoms with Crippen LogP contribution in [0.5, 0.6) is 5.75 Å². The fourth-order valence-corrected chi connectivity index (χ4v) is 5.25. The van der Waals surface area contributed by atoms with Crippen molar-refractivity contribution in [2.45, 2.75) is 71.9 Å². The first-order valence-electron chi connectivity index (χ1n) is 11.5. The van der Waals surface area contributed by atoms with Gasteiger partial charge in [-0.05, 0) is 83.2 Å². The van der Waals surface area contributed by atoms with Gasteiger partial charge in [0.1, 0.15) is 5.75 Å². The normalized spacial score (nSPS) is 19.4. The Kier molecular flexibility index (Phi) is 7.24. The van der Waals surface area contributed by atoms with Crippen LogP contribution in [0.4, 0.5) is 0 Å². The van der Waals surface area contributed by atoms with E-state index in [-0.39, 0.29) is 16.8 Å². The fourth-order valence-electron chi connectivity index (χ4n) is 5.25. The number of pyridine rings is 1. The van der Waals surface area contributed by atoms with E-state index in [1.165, 1.54) is 5.57 Å². The summed E-state index contributed by atoms with van der Waals surface area (Å²) in [6.07, 6.45) is 14.3. The van der Waals surface area contributed by atoms with Crippen molar-refractivity contribution in [3.8, 4) is 23.4 Å². The lowest BCUT2D eigenvalue weighted by atomic mass is 9.73. The molecule has 0 unspecified atom stereocenters. The second-order valence-electron chi connectivity index (χ2n) is 10.3. The zero-order chi connectivity index (χ0) is 24.2. The second kappa shape index (κ2) is 9.76. The largest absolute Gasteiger partial charge is 0.505 e. The van der Waals surface area contributed by atoms with Gasteiger partial charge in [-0.1, -0.05) is 17.7 Å². The third-order valence-corrected chi connectivity index (χ3v) is 6.08. The molecule has 2 aromatic rings.